The van der Waals surface area contributed by atoms with Crippen LogP contribution in [0.3, 0.4) is 0 Å². The first kappa shape index (κ1) is 15.2. The first-order valence-corrected chi connectivity index (χ1v) is 8.26. The number of benzene rings is 4. The van der Waals surface area contributed by atoms with Gasteiger partial charge in [0.25, 0.3) is 0 Å². The van der Waals surface area contributed by atoms with Gasteiger partial charge in [-0.05, 0) is 16.5 Å². The highest BCUT2D eigenvalue weighted by Gasteiger charge is 2.11. The van der Waals surface area contributed by atoms with E-state index >= 15 is 0 Å². The maximum atomic E-state index is 8.58. The lowest BCUT2D eigenvalue weighted by atomic mass is 9.95. The van der Waals surface area contributed by atoms with Crippen molar-refractivity contribution in [3.63, 3.8) is 0 Å². The monoisotopic (exact) mass is 322 g/mol. The van der Waals surface area contributed by atoms with E-state index in [2.05, 4.69) is 24.3 Å². The van der Waals surface area contributed by atoms with Crippen molar-refractivity contribution in [3.8, 4) is 11.1 Å². The number of anilines is 1. The Bertz CT molecular complexity index is 1050. The lowest BCUT2D eigenvalue weighted by molar-refractivity contribution is 1.46. The van der Waals surface area contributed by atoms with Crippen LogP contribution in [-0.2, 0) is 0 Å². The van der Waals surface area contributed by atoms with Gasteiger partial charge in [-0.1, -0.05) is 91.0 Å². The fraction of sp³-hybridized carbons (Fsp3) is 0. The van der Waals surface area contributed by atoms with E-state index in [9.17, 15) is 0 Å². The molecule has 25 heavy (non-hydrogen) atoms. The molecule has 0 heterocycles. The van der Waals surface area contributed by atoms with Gasteiger partial charge in [0, 0.05) is 22.2 Å². The molecule has 0 spiro atoms. The average Bonchev–Trinajstić information content (AvgIpc) is 2.69. The van der Waals surface area contributed by atoms with Crippen LogP contribution in [0, 0.1) is 5.41 Å². The van der Waals surface area contributed by atoms with Crippen LogP contribution in [0.15, 0.2) is 91.0 Å². The zero-order chi connectivity index (χ0) is 17.2. The van der Waals surface area contributed by atoms with Crippen molar-refractivity contribution in [3.05, 3.63) is 102 Å². The van der Waals surface area contributed by atoms with E-state index in [0.29, 0.717) is 11.4 Å². The minimum Gasteiger partial charge on any atom is -0.398 e. The molecular formula is C23H18N2. The molecule has 120 valence electrons. The SMILES string of the molecule is N=C(c1ccc(-c2ccccc2)cc1)c1ccc2ccccc2c1N. The highest BCUT2D eigenvalue weighted by molar-refractivity contribution is 6.17. The molecule has 0 aliphatic rings. The summed E-state index contributed by atoms with van der Waals surface area (Å²) in [6, 6.07) is 30.3. The van der Waals surface area contributed by atoms with Crippen LogP contribution in [0.25, 0.3) is 21.9 Å². The third kappa shape index (κ3) is 2.79. The van der Waals surface area contributed by atoms with E-state index in [1.165, 1.54) is 5.56 Å². The second-order valence-electron chi connectivity index (χ2n) is 6.07. The summed E-state index contributed by atoms with van der Waals surface area (Å²) in [6.07, 6.45) is 0. The molecule has 4 aromatic carbocycles. The van der Waals surface area contributed by atoms with Gasteiger partial charge < -0.3 is 5.73 Å². The normalized spacial score (nSPS) is 10.7. The van der Waals surface area contributed by atoms with E-state index < -0.39 is 0 Å². The van der Waals surface area contributed by atoms with Gasteiger partial charge in [-0.3, -0.25) is 5.41 Å². The Kier molecular flexibility index (Phi) is 3.79. The first-order chi connectivity index (χ1) is 12.2. The van der Waals surface area contributed by atoms with Gasteiger partial charge in [0.15, 0.2) is 0 Å². The third-order valence-corrected chi connectivity index (χ3v) is 4.52. The van der Waals surface area contributed by atoms with Crippen molar-refractivity contribution in [2.45, 2.75) is 0 Å². The van der Waals surface area contributed by atoms with E-state index in [4.69, 9.17) is 11.1 Å². The molecule has 0 fully saturated rings. The Morgan fingerprint density at radius 1 is 0.640 bits per heavy atom. The second-order valence-corrected chi connectivity index (χ2v) is 6.07. The molecule has 0 aliphatic heterocycles. The molecule has 4 aromatic rings. The largest absolute Gasteiger partial charge is 0.398 e. The number of hydrogen-bond acceptors (Lipinski definition) is 2. The van der Waals surface area contributed by atoms with Gasteiger partial charge in [-0.15, -0.1) is 0 Å². The summed E-state index contributed by atoms with van der Waals surface area (Å²) in [7, 11) is 0. The van der Waals surface area contributed by atoms with Gasteiger partial charge in [-0.2, -0.15) is 0 Å². The van der Waals surface area contributed by atoms with E-state index in [1.807, 2.05) is 66.7 Å². The topological polar surface area (TPSA) is 49.9 Å². The number of rotatable bonds is 3. The summed E-state index contributed by atoms with van der Waals surface area (Å²) in [5.74, 6) is 0. The van der Waals surface area contributed by atoms with Gasteiger partial charge in [0.2, 0.25) is 0 Å². The van der Waals surface area contributed by atoms with E-state index in [-0.39, 0.29) is 0 Å². The Labute approximate surface area is 147 Å². The van der Waals surface area contributed by atoms with Crippen molar-refractivity contribution in [1.82, 2.24) is 0 Å². The quantitative estimate of drug-likeness (QED) is 0.379. The molecule has 0 saturated carbocycles. The third-order valence-electron chi connectivity index (χ3n) is 4.52. The molecule has 2 heteroatoms. The van der Waals surface area contributed by atoms with Gasteiger partial charge in [0.1, 0.15) is 0 Å². The van der Waals surface area contributed by atoms with Crippen molar-refractivity contribution in [1.29, 1.82) is 5.41 Å². The number of nitrogen functional groups attached to an aromatic ring is 1. The highest BCUT2D eigenvalue weighted by atomic mass is 14.6. The summed E-state index contributed by atoms with van der Waals surface area (Å²) in [5, 5.41) is 10.7. The van der Waals surface area contributed by atoms with Gasteiger partial charge in [0.05, 0.1) is 5.71 Å². The first-order valence-electron chi connectivity index (χ1n) is 8.26. The Hall–Kier alpha value is -3.39. The lowest BCUT2D eigenvalue weighted by Gasteiger charge is -2.11. The maximum Gasteiger partial charge on any atom is 0.0705 e. The van der Waals surface area contributed by atoms with Crippen LogP contribution in [0.5, 0.6) is 0 Å². The van der Waals surface area contributed by atoms with Gasteiger partial charge in [-0.25, -0.2) is 0 Å². The zero-order valence-corrected chi connectivity index (χ0v) is 13.7. The van der Waals surface area contributed by atoms with Crippen molar-refractivity contribution in [2.24, 2.45) is 0 Å². The molecule has 0 bridgehead atoms. The fourth-order valence-electron chi connectivity index (χ4n) is 3.13. The molecule has 0 saturated heterocycles. The maximum absolute atomic E-state index is 8.58. The standard InChI is InChI=1S/C23H18N2/c24-22(21-15-14-18-8-4-5-9-20(18)23(21)25)19-12-10-17(11-13-19)16-6-2-1-3-7-16/h1-15,24H,25H2. The number of nitrogens with two attached hydrogens (primary N) is 1. The second kappa shape index (κ2) is 6.25. The number of fused-ring (bicyclic) bond motifs is 1. The molecule has 0 amide bonds. The summed E-state index contributed by atoms with van der Waals surface area (Å²) >= 11 is 0. The Balaban J connectivity index is 1.71. The molecule has 0 aliphatic carbocycles. The van der Waals surface area contributed by atoms with Crippen molar-refractivity contribution < 1.29 is 0 Å². The predicted octanol–water partition coefficient (Wildman–Crippen LogP) is 5.51. The molecule has 0 radical (unpaired) electrons. The van der Waals surface area contributed by atoms with E-state index in [1.54, 1.807) is 0 Å². The predicted molar refractivity (Wildman–Crippen MR) is 106 cm³/mol. The average molecular weight is 322 g/mol. The molecule has 3 N–H and O–H groups in total. The molecular weight excluding hydrogens is 304 g/mol. The molecule has 0 atom stereocenters. The van der Waals surface area contributed by atoms with Crippen LogP contribution in [-0.4, -0.2) is 5.71 Å². The van der Waals surface area contributed by atoms with Crippen LogP contribution >= 0.6 is 0 Å². The summed E-state index contributed by atoms with van der Waals surface area (Å²) in [6.45, 7) is 0. The van der Waals surface area contributed by atoms with Crippen LogP contribution < -0.4 is 5.73 Å². The van der Waals surface area contributed by atoms with E-state index in [0.717, 1.165) is 27.5 Å². The zero-order valence-electron chi connectivity index (χ0n) is 13.7. The van der Waals surface area contributed by atoms with Crippen molar-refractivity contribution >= 4 is 22.2 Å². The Morgan fingerprint density at radius 3 is 2.04 bits per heavy atom. The minimum atomic E-state index is 0.447. The summed E-state index contributed by atoms with van der Waals surface area (Å²) in [4.78, 5) is 0. The van der Waals surface area contributed by atoms with Crippen LogP contribution in [0.1, 0.15) is 11.1 Å². The fourth-order valence-corrected chi connectivity index (χ4v) is 3.13. The lowest BCUT2D eigenvalue weighted by Crippen LogP contribution is -2.05. The smallest absolute Gasteiger partial charge is 0.0705 e. The molecule has 0 unspecified atom stereocenters. The number of nitrogens with one attached hydrogen (secondary N) is 1. The van der Waals surface area contributed by atoms with Crippen LogP contribution in [0.4, 0.5) is 5.69 Å². The van der Waals surface area contributed by atoms with Crippen molar-refractivity contribution in [2.75, 3.05) is 5.73 Å². The Morgan fingerprint density at radius 2 is 1.28 bits per heavy atom. The highest BCUT2D eigenvalue weighted by Crippen LogP contribution is 2.27. The molecule has 4 rings (SSSR count). The number of hydrogen-bond donors (Lipinski definition) is 2. The summed E-state index contributed by atoms with van der Waals surface area (Å²) in [5.41, 5.74) is 11.4. The van der Waals surface area contributed by atoms with Crippen LogP contribution in [0.2, 0.25) is 0 Å². The minimum absolute atomic E-state index is 0.447. The molecule has 0 aromatic heterocycles. The summed E-state index contributed by atoms with van der Waals surface area (Å²) < 4.78 is 0. The molecule has 2 nitrogen and oxygen atoms in total. The van der Waals surface area contributed by atoms with Gasteiger partial charge >= 0.3 is 0 Å².